The second kappa shape index (κ2) is 16.4. The number of carbonyl (C=O) groups excluding carboxylic acids is 1. The Labute approximate surface area is 174 Å². The van der Waals surface area contributed by atoms with Gasteiger partial charge in [-0.15, -0.1) is 0 Å². The molecule has 0 atom stereocenters. The topological polar surface area (TPSA) is 116 Å². The first-order valence-electron chi connectivity index (χ1n) is 3.27. The summed E-state index contributed by atoms with van der Waals surface area (Å²) >= 11 is 0. The summed E-state index contributed by atoms with van der Waals surface area (Å²) in [5, 5.41) is 16.7. The average molecular weight is 292 g/mol. The summed E-state index contributed by atoms with van der Waals surface area (Å²) < 4.78 is 29.2. The van der Waals surface area contributed by atoms with Gasteiger partial charge in [-0.25, -0.2) is 8.37 Å². The molecular formula is C5H10K2O7S. The van der Waals surface area contributed by atoms with E-state index in [4.69, 9.17) is 15.0 Å². The minimum atomic E-state index is -3.68. The summed E-state index contributed by atoms with van der Waals surface area (Å²) in [6, 6.07) is 0. The number of hydrogen-bond acceptors (Lipinski definition) is 7. The second-order valence-corrected chi connectivity index (χ2v) is 2.76. The van der Waals surface area contributed by atoms with E-state index in [9.17, 15) is 8.42 Å². The van der Waals surface area contributed by atoms with E-state index in [0.717, 1.165) is 0 Å². The van der Waals surface area contributed by atoms with E-state index in [-0.39, 0.29) is 116 Å². The molecule has 0 aromatic rings. The smallest absolute Gasteiger partial charge is 0.652 e. The summed E-state index contributed by atoms with van der Waals surface area (Å²) in [7, 11) is -3.68. The Morgan fingerprint density at radius 3 is 1.40 bits per heavy atom. The zero-order valence-electron chi connectivity index (χ0n) is 9.18. The van der Waals surface area contributed by atoms with Gasteiger partial charge in [0.15, 0.2) is 0 Å². The van der Waals surface area contributed by atoms with Gasteiger partial charge in [0.1, 0.15) is 0 Å². The molecule has 0 aliphatic carbocycles. The molecule has 0 rings (SSSR count). The van der Waals surface area contributed by atoms with Crippen LogP contribution in [0.3, 0.4) is 0 Å². The van der Waals surface area contributed by atoms with Crippen LogP contribution in [0.15, 0.2) is 0 Å². The molecule has 0 bridgehead atoms. The fraction of sp³-hybridized carbons (Fsp3) is 0.800. The maximum Gasteiger partial charge on any atom is 1.00 e. The van der Waals surface area contributed by atoms with Crippen LogP contribution in [0.1, 0.15) is 13.8 Å². The van der Waals surface area contributed by atoms with Crippen molar-refractivity contribution in [2.24, 2.45) is 0 Å². The van der Waals surface area contributed by atoms with Gasteiger partial charge in [-0.2, -0.15) is 8.42 Å². The van der Waals surface area contributed by atoms with Crippen molar-refractivity contribution in [2.45, 2.75) is 13.8 Å². The van der Waals surface area contributed by atoms with Gasteiger partial charge >= 0.3 is 113 Å². The summed E-state index contributed by atoms with van der Waals surface area (Å²) in [5.74, 6) is 0. The summed E-state index contributed by atoms with van der Waals surface area (Å²) in [5.41, 5.74) is 0. The first-order valence-corrected chi connectivity index (χ1v) is 4.60. The fourth-order valence-corrected chi connectivity index (χ4v) is 0.968. The van der Waals surface area contributed by atoms with Crippen molar-refractivity contribution in [1.82, 2.24) is 0 Å². The minimum absolute atomic E-state index is 0. The van der Waals surface area contributed by atoms with Gasteiger partial charge in [0, 0.05) is 0 Å². The van der Waals surface area contributed by atoms with Crippen molar-refractivity contribution in [3.05, 3.63) is 0 Å². The standard InChI is InChI=1S/C4H10O4S.CH2O3.2K/c1-3-7-9(5,6)8-4-2;2-1(3)4;;/h3-4H2,1-2H3;(H2,2,3,4);;/q;;2*+1/p-2. The van der Waals surface area contributed by atoms with E-state index in [1.54, 1.807) is 13.8 Å². The molecule has 15 heavy (non-hydrogen) atoms. The normalized spacial score (nSPS) is 8.67. The Kier molecular flexibility index (Phi) is 28.5. The van der Waals surface area contributed by atoms with Crippen LogP contribution in [0.25, 0.3) is 0 Å². The van der Waals surface area contributed by atoms with E-state index in [0.29, 0.717) is 0 Å². The van der Waals surface area contributed by atoms with Gasteiger partial charge in [0.2, 0.25) is 0 Å². The van der Waals surface area contributed by atoms with Crippen molar-refractivity contribution >= 4 is 16.6 Å². The van der Waals surface area contributed by atoms with Gasteiger partial charge in [-0.05, 0) is 20.0 Å². The van der Waals surface area contributed by atoms with E-state index < -0.39 is 16.6 Å². The summed E-state index contributed by atoms with van der Waals surface area (Å²) in [4.78, 5) is 8.33. The third-order valence-corrected chi connectivity index (χ3v) is 1.57. The third kappa shape index (κ3) is 31.4. The SMILES string of the molecule is CCOS(=O)(=O)OCC.O=C([O-])[O-].[K+].[K+]. The fourth-order valence-electron chi connectivity index (χ4n) is 0.323. The van der Waals surface area contributed by atoms with Crippen molar-refractivity contribution in [1.29, 1.82) is 0 Å². The maximum absolute atomic E-state index is 10.4. The van der Waals surface area contributed by atoms with Gasteiger partial charge < -0.3 is 15.0 Å². The molecule has 7 nitrogen and oxygen atoms in total. The molecule has 10 heteroatoms. The minimum Gasteiger partial charge on any atom is -0.652 e. The van der Waals surface area contributed by atoms with Crippen LogP contribution < -0.4 is 113 Å². The molecule has 0 aliphatic heterocycles. The predicted octanol–water partition coefficient (Wildman–Crippen LogP) is -8.13. The van der Waals surface area contributed by atoms with Crippen LogP contribution in [-0.2, 0) is 18.8 Å². The van der Waals surface area contributed by atoms with Crippen LogP contribution in [0.5, 0.6) is 0 Å². The zero-order chi connectivity index (χ0) is 10.9. The molecule has 0 N–H and O–H groups in total. The summed E-state index contributed by atoms with van der Waals surface area (Å²) in [6.07, 6.45) is -2.33. The molecule has 0 saturated heterocycles. The van der Waals surface area contributed by atoms with Crippen molar-refractivity contribution in [2.75, 3.05) is 13.2 Å². The Morgan fingerprint density at radius 2 is 1.27 bits per heavy atom. The molecule has 0 radical (unpaired) electrons. The monoisotopic (exact) mass is 292 g/mol. The molecule has 0 heterocycles. The van der Waals surface area contributed by atoms with Gasteiger partial charge in [-0.1, -0.05) is 0 Å². The molecule has 0 aliphatic rings. The number of rotatable bonds is 4. The molecule has 0 spiro atoms. The van der Waals surface area contributed by atoms with Crippen LogP contribution in [0, 0.1) is 0 Å². The molecule has 0 saturated carbocycles. The van der Waals surface area contributed by atoms with Gasteiger partial charge in [0.25, 0.3) is 0 Å². The maximum atomic E-state index is 10.4. The van der Waals surface area contributed by atoms with Crippen molar-refractivity contribution in [3.63, 3.8) is 0 Å². The second-order valence-electron chi connectivity index (χ2n) is 1.47. The average Bonchev–Trinajstić information content (AvgIpc) is 1.84. The Morgan fingerprint density at radius 1 is 1.07 bits per heavy atom. The summed E-state index contributed by atoms with van der Waals surface area (Å²) in [6.45, 7) is 3.39. The van der Waals surface area contributed by atoms with E-state index >= 15 is 0 Å². The number of carbonyl (C=O) groups is 1. The molecule has 0 unspecified atom stereocenters. The van der Waals surface area contributed by atoms with Crippen LogP contribution in [0.2, 0.25) is 0 Å². The molecule has 0 fully saturated rings. The predicted molar refractivity (Wildman–Crippen MR) is 37.6 cm³/mol. The number of hydrogen-bond donors (Lipinski definition) is 0. The van der Waals surface area contributed by atoms with Crippen LogP contribution in [0.4, 0.5) is 4.79 Å². The number of carboxylic acid groups (broad SMARTS) is 2. The quantitative estimate of drug-likeness (QED) is 0.472. The van der Waals surface area contributed by atoms with Crippen molar-refractivity contribution < 1.29 is 135 Å². The van der Waals surface area contributed by atoms with Crippen LogP contribution in [-0.4, -0.2) is 27.8 Å². The largest absolute Gasteiger partial charge is 1.00 e. The zero-order valence-corrected chi connectivity index (χ0v) is 16.2. The molecule has 0 amide bonds. The molecule has 80 valence electrons. The molecule has 0 aromatic carbocycles. The first kappa shape index (κ1) is 26.1. The van der Waals surface area contributed by atoms with E-state index in [1.807, 2.05) is 0 Å². The van der Waals surface area contributed by atoms with Gasteiger partial charge in [0.05, 0.1) is 13.2 Å². The van der Waals surface area contributed by atoms with E-state index in [2.05, 4.69) is 8.37 Å². The van der Waals surface area contributed by atoms with Crippen molar-refractivity contribution in [3.8, 4) is 0 Å². The Bertz CT molecular complexity index is 212. The Hall–Kier alpha value is 2.41. The van der Waals surface area contributed by atoms with E-state index in [1.165, 1.54) is 0 Å². The van der Waals surface area contributed by atoms with Gasteiger partial charge in [-0.3, -0.25) is 0 Å². The molecule has 0 aromatic heterocycles. The molecular weight excluding hydrogens is 282 g/mol. The van der Waals surface area contributed by atoms with Crippen LogP contribution >= 0.6 is 0 Å². The third-order valence-electron chi connectivity index (χ3n) is 0.524. The first-order chi connectivity index (χ1) is 5.85. The Balaban J connectivity index is -0.0000000883.